The maximum atomic E-state index is 11.8. The standard InChI is InChI=1S/C11H16N4O/c1-14-5-4-13-9(10(14)16)15-6-11(12,7-15)8-2-3-8/h4-5,8H,2-3,6-7,12H2,1H3. The summed E-state index contributed by atoms with van der Waals surface area (Å²) in [5.74, 6) is 1.20. The Morgan fingerprint density at radius 2 is 2.19 bits per heavy atom. The first-order chi connectivity index (χ1) is 7.60. The van der Waals surface area contributed by atoms with Crippen LogP contribution in [0.25, 0.3) is 0 Å². The van der Waals surface area contributed by atoms with E-state index in [-0.39, 0.29) is 11.1 Å². The molecule has 16 heavy (non-hydrogen) atoms. The van der Waals surface area contributed by atoms with Gasteiger partial charge in [0.2, 0.25) is 0 Å². The van der Waals surface area contributed by atoms with Crippen molar-refractivity contribution < 1.29 is 0 Å². The molecular formula is C11H16N4O. The van der Waals surface area contributed by atoms with E-state index in [2.05, 4.69) is 4.98 Å². The van der Waals surface area contributed by atoms with E-state index in [9.17, 15) is 4.79 Å². The number of nitrogens with zero attached hydrogens (tertiary/aromatic N) is 3. The highest BCUT2D eigenvalue weighted by Gasteiger charge is 2.51. The Morgan fingerprint density at radius 1 is 1.50 bits per heavy atom. The highest BCUT2D eigenvalue weighted by atomic mass is 16.1. The van der Waals surface area contributed by atoms with Gasteiger partial charge >= 0.3 is 0 Å². The summed E-state index contributed by atoms with van der Waals surface area (Å²) in [6.07, 6.45) is 5.81. The molecule has 0 bridgehead atoms. The van der Waals surface area contributed by atoms with Crippen molar-refractivity contribution in [3.05, 3.63) is 22.7 Å². The molecule has 3 rings (SSSR count). The zero-order valence-corrected chi connectivity index (χ0v) is 9.39. The SMILES string of the molecule is Cn1ccnc(N2CC(N)(C3CC3)C2)c1=O. The van der Waals surface area contributed by atoms with Crippen molar-refractivity contribution in [3.63, 3.8) is 0 Å². The lowest BCUT2D eigenvalue weighted by molar-refractivity contribution is 0.288. The van der Waals surface area contributed by atoms with Gasteiger partial charge in [-0.2, -0.15) is 0 Å². The topological polar surface area (TPSA) is 64.2 Å². The largest absolute Gasteiger partial charge is 0.348 e. The summed E-state index contributed by atoms with van der Waals surface area (Å²) in [5, 5.41) is 0. The normalized spacial score (nSPS) is 23.0. The van der Waals surface area contributed by atoms with E-state index in [1.807, 2.05) is 4.90 Å². The van der Waals surface area contributed by atoms with Gasteiger partial charge in [-0.05, 0) is 18.8 Å². The number of hydrogen-bond acceptors (Lipinski definition) is 4. The predicted octanol–water partition coefficient (Wildman–Crippen LogP) is -0.292. The lowest BCUT2D eigenvalue weighted by Crippen LogP contribution is -2.69. The number of nitrogens with two attached hydrogens (primary N) is 1. The van der Waals surface area contributed by atoms with Crippen LogP contribution in [0.3, 0.4) is 0 Å². The van der Waals surface area contributed by atoms with Crippen LogP contribution in [0.2, 0.25) is 0 Å². The number of anilines is 1. The molecule has 1 saturated carbocycles. The second-order valence-electron chi connectivity index (χ2n) is 5.03. The van der Waals surface area contributed by atoms with Crippen LogP contribution >= 0.6 is 0 Å². The minimum absolute atomic E-state index is 0.0413. The molecule has 2 N–H and O–H groups in total. The number of hydrogen-bond donors (Lipinski definition) is 1. The molecule has 0 atom stereocenters. The van der Waals surface area contributed by atoms with Crippen LogP contribution in [0.1, 0.15) is 12.8 Å². The molecule has 2 aliphatic rings. The first-order valence-electron chi connectivity index (χ1n) is 5.66. The van der Waals surface area contributed by atoms with Crippen LogP contribution in [-0.2, 0) is 7.05 Å². The van der Waals surface area contributed by atoms with Crippen LogP contribution in [0.4, 0.5) is 5.82 Å². The van der Waals surface area contributed by atoms with Crippen molar-refractivity contribution in [1.29, 1.82) is 0 Å². The quantitative estimate of drug-likeness (QED) is 0.743. The third-order valence-corrected chi connectivity index (χ3v) is 3.66. The average molecular weight is 220 g/mol. The summed E-state index contributed by atoms with van der Waals surface area (Å²) in [4.78, 5) is 17.9. The Bertz CT molecular complexity index is 471. The molecule has 0 aromatic carbocycles. The maximum absolute atomic E-state index is 11.8. The average Bonchev–Trinajstić information content (AvgIpc) is 3.01. The third-order valence-electron chi connectivity index (χ3n) is 3.66. The Morgan fingerprint density at radius 3 is 2.81 bits per heavy atom. The molecule has 1 aliphatic heterocycles. The first kappa shape index (κ1) is 9.84. The molecule has 5 nitrogen and oxygen atoms in total. The van der Waals surface area contributed by atoms with Crippen LogP contribution in [0.15, 0.2) is 17.2 Å². The van der Waals surface area contributed by atoms with Crippen molar-refractivity contribution in [1.82, 2.24) is 9.55 Å². The van der Waals surface area contributed by atoms with Crippen molar-refractivity contribution in [2.45, 2.75) is 18.4 Å². The molecule has 1 saturated heterocycles. The van der Waals surface area contributed by atoms with Gasteiger partial charge in [0.25, 0.3) is 5.56 Å². The lowest BCUT2D eigenvalue weighted by Gasteiger charge is -2.48. The van der Waals surface area contributed by atoms with Crippen LogP contribution < -0.4 is 16.2 Å². The van der Waals surface area contributed by atoms with E-state index in [0.717, 1.165) is 13.1 Å². The van der Waals surface area contributed by atoms with Crippen molar-refractivity contribution >= 4 is 5.82 Å². The zero-order valence-electron chi connectivity index (χ0n) is 9.39. The van der Waals surface area contributed by atoms with E-state index in [4.69, 9.17) is 5.73 Å². The van der Waals surface area contributed by atoms with Gasteiger partial charge in [-0.3, -0.25) is 4.79 Å². The van der Waals surface area contributed by atoms with E-state index in [1.54, 1.807) is 24.0 Å². The molecule has 0 amide bonds. The molecule has 1 aliphatic carbocycles. The molecule has 1 aromatic rings. The molecule has 0 unspecified atom stereocenters. The van der Waals surface area contributed by atoms with Crippen molar-refractivity contribution in [2.24, 2.45) is 18.7 Å². The molecule has 5 heteroatoms. The smallest absolute Gasteiger partial charge is 0.293 e. The number of rotatable bonds is 2. The van der Waals surface area contributed by atoms with Gasteiger partial charge in [-0.25, -0.2) is 4.98 Å². The van der Waals surface area contributed by atoms with Gasteiger partial charge in [0.05, 0.1) is 5.54 Å². The van der Waals surface area contributed by atoms with Gasteiger partial charge in [-0.1, -0.05) is 0 Å². The van der Waals surface area contributed by atoms with Crippen molar-refractivity contribution in [3.8, 4) is 0 Å². The fraction of sp³-hybridized carbons (Fsp3) is 0.636. The molecule has 2 heterocycles. The van der Waals surface area contributed by atoms with E-state index in [1.165, 1.54) is 12.8 Å². The molecule has 2 fully saturated rings. The minimum Gasteiger partial charge on any atom is -0.348 e. The fourth-order valence-corrected chi connectivity index (χ4v) is 2.43. The van der Waals surface area contributed by atoms with Crippen LogP contribution in [0.5, 0.6) is 0 Å². The molecule has 0 radical (unpaired) electrons. The summed E-state index contributed by atoms with van der Waals surface area (Å²) in [6, 6.07) is 0. The third kappa shape index (κ3) is 1.35. The van der Waals surface area contributed by atoms with E-state index in [0.29, 0.717) is 11.7 Å². The number of aryl methyl sites for hydroxylation is 1. The van der Waals surface area contributed by atoms with Gasteiger partial charge < -0.3 is 15.2 Å². The molecular weight excluding hydrogens is 204 g/mol. The Balaban J connectivity index is 1.81. The van der Waals surface area contributed by atoms with Gasteiger partial charge in [0, 0.05) is 32.5 Å². The Labute approximate surface area is 93.9 Å². The monoisotopic (exact) mass is 220 g/mol. The summed E-state index contributed by atoms with van der Waals surface area (Å²) < 4.78 is 1.55. The second kappa shape index (κ2) is 3.07. The first-order valence-corrected chi connectivity index (χ1v) is 5.66. The summed E-state index contributed by atoms with van der Waals surface area (Å²) >= 11 is 0. The highest BCUT2D eigenvalue weighted by Crippen LogP contribution is 2.43. The summed E-state index contributed by atoms with van der Waals surface area (Å²) in [6.45, 7) is 1.54. The summed E-state index contributed by atoms with van der Waals surface area (Å²) in [7, 11) is 1.74. The van der Waals surface area contributed by atoms with Crippen LogP contribution in [0, 0.1) is 5.92 Å². The maximum Gasteiger partial charge on any atom is 0.293 e. The molecule has 1 aromatic heterocycles. The number of aromatic nitrogens is 2. The highest BCUT2D eigenvalue weighted by molar-refractivity contribution is 5.43. The second-order valence-corrected chi connectivity index (χ2v) is 5.03. The van der Waals surface area contributed by atoms with Gasteiger partial charge in [-0.15, -0.1) is 0 Å². The Kier molecular flexibility index (Phi) is 1.89. The lowest BCUT2D eigenvalue weighted by atomic mass is 9.86. The van der Waals surface area contributed by atoms with Gasteiger partial charge in [0.1, 0.15) is 0 Å². The van der Waals surface area contributed by atoms with Crippen LogP contribution in [-0.4, -0.2) is 28.2 Å². The molecule has 0 spiro atoms. The van der Waals surface area contributed by atoms with Crippen molar-refractivity contribution in [2.75, 3.05) is 18.0 Å². The Hall–Kier alpha value is -1.36. The predicted molar refractivity (Wildman–Crippen MR) is 61.3 cm³/mol. The summed E-state index contributed by atoms with van der Waals surface area (Å²) in [5.41, 5.74) is 6.14. The zero-order chi connectivity index (χ0) is 11.3. The molecule has 86 valence electrons. The van der Waals surface area contributed by atoms with Gasteiger partial charge in [0.15, 0.2) is 5.82 Å². The van der Waals surface area contributed by atoms with E-state index >= 15 is 0 Å². The fourth-order valence-electron chi connectivity index (χ4n) is 2.43. The van der Waals surface area contributed by atoms with E-state index < -0.39 is 0 Å². The minimum atomic E-state index is -0.0669.